The van der Waals surface area contributed by atoms with E-state index in [0.29, 0.717) is 36.8 Å². The van der Waals surface area contributed by atoms with Crippen LogP contribution in [0.4, 0.5) is 0 Å². The summed E-state index contributed by atoms with van der Waals surface area (Å²) in [6.07, 6.45) is 1.49. The van der Waals surface area contributed by atoms with E-state index < -0.39 is 10.0 Å². The molecule has 1 amide bonds. The minimum Gasteiger partial charge on any atom is -0.356 e. The van der Waals surface area contributed by atoms with E-state index in [9.17, 15) is 13.2 Å². The summed E-state index contributed by atoms with van der Waals surface area (Å²) in [5.74, 6) is -0.0727. The molecule has 21 heavy (non-hydrogen) atoms. The maximum Gasteiger partial charge on any atom is 0.252 e. The first-order chi connectivity index (χ1) is 10.00. The van der Waals surface area contributed by atoms with Gasteiger partial charge in [-0.3, -0.25) is 4.79 Å². The Morgan fingerprint density at radius 1 is 1.38 bits per heavy atom. The lowest BCUT2D eigenvalue weighted by molar-refractivity contribution is -0.118. The quantitative estimate of drug-likeness (QED) is 0.819. The van der Waals surface area contributed by atoms with Gasteiger partial charge in [-0.05, 0) is 31.5 Å². The van der Waals surface area contributed by atoms with Crippen LogP contribution in [0.5, 0.6) is 0 Å². The maximum atomic E-state index is 12.6. The predicted molar refractivity (Wildman–Crippen MR) is 83.0 cm³/mol. The van der Waals surface area contributed by atoms with E-state index in [1.54, 1.807) is 10.4 Å². The van der Waals surface area contributed by atoms with Crippen LogP contribution >= 0.6 is 11.3 Å². The molecule has 1 aliphatic rings. The normalized spacial score (nSPS) is 17.4. The number of hydrogen-bond acceptors (Lipinski definition) is 5. The number of carbonyl (C=O) groups is 1. The van der Waals surface area contributed by atoms with E-state index in [1.165, 1.54) is 18.3 Å². The molecular formula is C13H21N3O3S2. The van der Waals surface area contributed by atoms with Gasteiger partial charge in [0.25, 0.3) is 10.0 Å². The van der Waals surface area contributed by atoms with Gasteiger partial charge in [-0.2, -0.15) is 4.31 Å². The summed E-state index contributed by atoms with van der Waals surface area (Å²) in [5.41, 5.74) is 0. The van der Waals surface area contributed by atoms with Crippen molar-refractivity contribution in [2.75, 3.05) is 32.7 Å². The van der Waals surface area contributed by atoms with E-state index in [0.717, 1.165) is 17.8 Å². The zero-order chi connectivity index (χ0) is 15.3. The van der Waals surface area contributed by atoms with Gasteiger partial charge in [0.2, 0.25) is 5.91 Å². The van der Waals surface area contributed by atoms with Gasteiger partial charge in [-0.25, -0.2) is 8.42 Å². The number of amides is 1. The second-order valence-electron chi connectivity index (χ2n) is 4.96. The molecule has 2 heterocycles. The molecule has 2 N–H and O–H groups in total. The molecule has 1 saturated heterocycles. The molecule has 8 heteroatoms. The minimum atomic E-state index is -3.38. The van der Waals surface area contributed by atoms with Crippen LogP contribution in [0.1, 0.15) is 18.2 Å². The van der Waals surface area contributed by atoms with Gasteiger partial charge < -0.3 is 10.6 Å². The van der Waals surface area contributed by atoms with Crippen molar-refractivity contribution >= 4 is 27.3 Å². The van der Waals surface area contributed by atoms with Crippen molar-refractivity contribution in [2.24, 2.45) is 0 Å². The third-order valence-corrected chi connectivity index (χ3v) is 6.79. The smallest absolute Gasteiger partial charge is 0.252 e. The summed E-state index contributed by atoms with van der Waals surface area (Å²) in [6.45, 7) is 4.63. The van der Waals surface area contributed by atoms with Gasteiger partial charge in [0.05, 0.1) is 0 Å². The van der Waals surface area contributed by atoms with Crippen molar-refractivity contribution in [3.8, 4) is 0 Å². The topological polar surface area (TPSA) is 78.5 Å². The van der Waals surface area contributed by atoms with Gasteiger partial charge in [-0.15, -0.1) is 11.3 Å². The summed E-state index contributed by atoms with van der Waals surface area (Å²) in [7, 11) is -3.38. The van der Waals surface area contributed by atoms with Crippen LogP contribution in [0.2, 0.25) is 0 Å². The van der Waals surface area contributed by atoms with E-state index >= 15 is 0 Å². The van der Waals surface area contributed by atoms with Crippen LogP contribution in [0.25, 0.3) is 0 Å². The fraction of sp³-hybridized carbons (Fsp3) is 0.615. The van der Waals surface area contributed by atoms with E-state index in [2.05, 4.69) is 10.6 Å². The van der Waals surface area contributed by atoms with Gasteiger partial charge in [0.15, 0.2) is 0 Å². The highest BCUT2D eigenvalue weighted by Crippen LogP contribution is 2.25. The van der Waals surface area contributed by atoms with Crippen molar-refractivity contribution in [2.45, 2.75) is 24.0 Å². The molecule has 118 valence electrons. The van der Waals surface area contributed by atoms with E-state index in [1.807, 2.05) is 6.07 Å². The molecular weight excluding hydrogens is 310 g/mol. The molecule has 1 aromatic heterocycles. The monoisotopic (exact) mass is 331 g/mol. The second-order valence-corrected chi connectivity index (χ2v) is 8.29. The molecule has 0 bridgehead atoms. The highest BCUT2D eigenvalue weighted by Gasteiger charge is 2.26. The average Bonchev–Trinajstić information content (AvgIpc) is 2.73. The Morgan fingerprint density at radius 3 is 2.95 bits per heavy atom. The number of hydrogen-bond donors (Lipinski definition) is 2. The molecule has 1 aliphatic heterocycles. The molecule has 2 rings (SSSR count). The van der Waals surface area contributed by atoms with E-state index in [-0.39, 0.29) is 5.91 Å². The molecule has 1 aromatic rings. The fourth-order valence-electron chi connectivity index (χ4n) is 2.18. The number of nitrogens with one attached hydrogen (secondary N) is 2. The van der Waals surface area contributed by atoms with Gasteiger partial charge in [-0.1, -0.05) is 0 Å². The standard InChI is InChI=1S/C13H21N3O3S2/c1-11(17)15-7-5-12-3-4-13(20-12)21(18,19)16-9-2-6-14-8-10-16/h3-4,14H,2,5-10H2,1H3,(H,15,17). The second kappa shape index (κ2) is 7.35. The first-order valence-electron chi connectivity index (χ1n) is 7.04. The summed E-state index contributed by atoms with van der Waals surface area (Å²) < 4.78 is 27.1. The first-order valence-corrected chi connectivity index (χ1v) is 9.30. The van der Waals surface area contributed by atoms with Crippen molar-refractivity contribution < 1.29 is 13.2 Å². The van der Waals surface area contributed by atoms with Gasteiger partial charge in [0, 0.05) is 38.0 Å². The summed E-state index contributed by atoms with van der Waals surface area (Å²) in [6, 6.07) is 3.50. The number of rotatable bonds is 5. The lowest BCUT2D eigenvalue weighted by Crippen LogP contribution is -2.33. The Labute approximate surface area is 129 Å². The average molecular weight is 331 g/mol. The first kappa shape index (κ1) is 16.4. The lowest BCUT2D eigenvalue weighted by atomic mass is 10.3. The molecule has 0 radical (unpaired) electrons. The van der Waals surface area contributed by atoms with Crippen molar-refractivity contribution in [3.63, 3.8) is 0 Å². The Morgan fingerprint density at radius 2 is 2.19 bits per heavy atom. The molecule has 0 unspecified atom stereocenters. The predicted octanol–water partition coefficient (Wildman–Crippen LogP) is 0.411. The number of nitrogens with zero attached hydrogens (tertiary/aromatic N) is 1. The van der Waals surface area contributed by atoms with E-state index in [4.69, 9.17) is 0 Å². The van der Waals surface area contributed by atoms with Crippen LogP contribution in [0, 0.1) is 0 Å². The maximum absolute atomic E-state index is 12.6. The molecule has 0 atom stereocenters. The Hall–Kier alpha value is -0.960. The van der Waals surface area contributed by atoms with Crippen molar-refractivity contribution in [1.82, 2.24) is 14.9 Å². The summed E-state index contributed by atoms with van der Waals surface area (Å²) in [5, 5.41) is 5.91. The zero-order valence-electron chi connectivity index (χ0n) is 12.1. The van der Waals surface area contributed by atoms with Crippen LogP contribution in [0.15, 0.2) is 16.3 Å². The molecule has 0 saturated carbocycles. The SMILES string of the molecule is CC(=O)NCCc1ccc(S(=O)(=O)N2CCCNCC2)s1. The Kier molecular flexibility index (Phi) is 5.74. The molecule has 0 aliphatic carbocycles. The summed E-state index contributed by atoms with van der Waals surface area (Å²) in [4.78, 5) is 11.8. The molecule has 1 fully saturated rings. The number of thiophene rings is 1. The van der Waals surface area contributed by atoms with Crippen molar-refractivity contribution in [3.05, 3.63) is 17.0 Å². The zero-order valence-corrected chi connectivity index (χ0v) is 13.7. The number of carbonyl (C=O) groups excluding carboxylic acids is 1. The Bertz CT molecular complexity index is 575. The summed E-state index contributed by atoms with van der Waals surface area (Å²) >= 11 is 1.29. The van der Waals surface area contributed by atoms with Crippen LogP contribution in [-0.2, 0) is 21.2 Å². The highest BCUT2D eigenvalue weighted by molar-refractivity contribution is 7.91. The van der Waals surface area contributed by atoms with Gasteiger partial charge in [0.1, 0.15) is 4.21 Å². The van der Waals surface area contributed by atoms with Crippen LogP contribution in [-0.4, -0.2) is 51.4 Å². The lowest BCUT2D eigenvalue weighted by Gasteiger charge is -2.18. The highest BCUT2D eigenvalue weighted by atomic mass is 32.2. The molecule has 0 aromatic carbocycles. The number of sulfonamides is 1. The van der Waals surface area contributed by atoms with Crippen molar-refractivity contribution in [1.29, 1.82) is 0 Å². The molecule has 6 nitrogen and oxygen atoms in total. The minimum absolute atomic E-state index is 0.0727. The largest absolute Gasteiger partial charge is 0.356 e. The van der Waals surface area contributed by atoms with Crippen LogP contribution in [0.3, 0.4) is 0 Å². The Balaban J connectivity index is 2.02. The van der Waals surface area contributed by atoms with Crippen LogP contribution < -0.4 is 10.6 Å². The third-order valence-electron chi connectivity index (χ3n) is 3.28. The fourth-order valence-corrected chi connectivity index (χ4v) is 5.17. The third kappa shape index (κ3) is 4.50. The van der Waals surface area contributed by atoms with Gasteiger partial charge >= 0.3 is 0 Å². The molecule has 0 spiro atoms.